The van der Waals surface area contributed by atoms with Crippen LogP contribution >= 0.6 is 27.7 Å². The van der Waals surface area contributed by atoms with Gasteiger partial charge in [-0.1, -0.05) is 22.9 Å². The Kier molecular flexibility index (Phi) is 4.92. The fourth-order valence-corrected chi connectivity index (χ4v) is 2.29. The second-order valence-electron chi connectivity index (χ2n) is 3.14. The third-order valence-electron chi connectivity index (χ3n) is 1.79. The predicted octanol–water partition coefficient (Wildman–Crippen LogP) is 3.17. The smallest absolute Gasteiger partial charge is 0.124 e. The maximum atomic E-state index is 13.0. The summed E-state index contributed by atoms with van der Waals surface area (Å²) in [5, 5.41) is 0.414. The molecule has 0 spiro atoms. The standard InChI is InChI=1S/C10H13BrFNS/c1-7(5-13)14-6-8-2-9(11)4-10(12)3-8/h2-4,7H,5-6,13H2,1H3. The highest BCUT2D eigenvalue weighted by atomic mass is 79.9. The van der Waals surface area contributed by atoms with E-state index in [4.69, 9.17) is 5.73 Å². The molecule has 0 saturated heterocycles. The molecule has 0 aliphatic carbocycles. The number of halogens is 2. The number of hydrogen-bond donors (Lipinski definition) is 1. The van der Waals surface area contributed by atoms with Gasteiger partial charge in [0.25, 0.3) is 0 Å². The summed E-state index contributed by atoms with van der Waals surface area (Å²) in [6.07, 6.45) is 0. The molecule has 2 N–H and O–H groups in total. The van der Waals surface area contributed by atoms with E-state index in [1.165, 1.54) is 6.07 Å². The first-order valence-corrected chi connectivity index (χ1v) is 6.22. The van der Waals surface area contributed by atoms with Gasteiger partial charge in [-0.25, -0.2) is 4.39 Å². The molecule has 78 valence electrons. The summed E-state index contributed by atoms with van der Waals surface area (Å²) >= 11 is 5.00. The van der Waals surface area contributed by atoms with E-state index < -0.39 is 0 Å². The van der Waals surface area contributed by atoms with Gasteiger partial charge in [-0.05, 0) is 23.8 Å². The van der Waals surface area contributed by atoms with E-state index in [2.05, 4.69) is 22.9 Å². The number of nitrogens with two attached hydrogens (primary N) is 1. The van der Waals surface area contributed by atoms with Crippen LogP contribution in [0.4, 0.5) is 4.39 Å². The van der Waals surface area contributed by atoms with Crippen molar-refractivity contribution in [2.75, 3.05) is 6.54 Å². The van der Waals surface area contributed by atoms with Crippen LogP contribution < -0.4 is 5.73 Å². The molecule has 1 nitrogen and oxygen atoms in total. The van der Waals surface area contributed by atoms with Gasteiger partial charge in [-0.2, -0.15) is 11.8 Å². The van der Waals surface area contributed by atoms with E-state index in [1.54, 1.807) is 17.8 Å². The number of thioether (sulfide) groups is 1. The molecule has 0 bridgehead atoms. The topological polar surface area (TPSA) is 26.0 Å². The van der Waals surface area contributed by atoms with E-state index in [-0.39, 0.29) is 5.82 Å². The molecule has 0 saturated carbocycles. The fraction of sp³-hybridized carbons (Fsp3) is 0.400. The Morgan fingerprint density at radius 3 is 2.79 bits per heavy atom. The zero-order chi connectivity index (χ0) is 10.6. The highest BCUT2D eigenvalue weighted by Gasteiger charge is 2.02. The van der Waals surface area contributed by atoms with Crippen molar-refractivity contribution in [3.8, 4) is 0 Å². The second-order valence-corrected chi connectivity index (χ2v) is 5.48. The van der Waals surface area contributed by atoms with Gasteiger partial charge in [0.05, 0.1) is 0 Å². The first-order valence-electron chi connectivity index (χ1n) is 4.38. The van der Waals surface area contributed by atoms with Crippen LogP contribution in [-0.2, 0) is 5.75 Å². The van der Waals surface area contributed by atoms with Gasteiger partial charge in [0, 0.05) is 22.0 Å². The molecule has 0 aliphatic rings. The van der Waals surface area contributed by atoms with Crippen LogP contribution in [0.2, 0.25) is 0 Å². The molecule has 0 aliphatic heterocycles. The predicted molar refractivity (Wildman–Crippen MR) is 63.9 cm³/mol. The zero-order valence-electron chi connectivity index (χ0n) is 7.97. The molecule has 0 radical (unpaired) electrons. The van der Waals surface area contributed by atoms with Crippen LogP contribution in [0.25, 0.3) is 0 Å². The first kappa shape index (κ1) is 12.0. The van der Waals surface area contributed by atoms with E-state index in [0.717, 1.165) is 15.8 Å². The summed E-state index contributed by atoms with van der Waals surface area (Å²) < 4.78 is 13.8. The third kappa shape index (κ3) is 3.98. The Labute approximate surface area is 96.4 Å². The molecular formula is C10H13BrFNS. The van der Waals surface area contributed by atoms with Gasteiger partial charge >= 0.3 is 0 Å². The van der Waals surface area contributed by atoms with Gasteiger partial charge < -0.3 is 5.73 Å². The summed E-state index contributed by atoms with van der Waals surface area (Å²) in [7, 11) is 0. The monoisotopic (exact) mass is 277 g/mol. The van der Waals surface area contributed by atoms with Crippen molar-refractivity contribution < 1.29 is 4.39 Å². The van der Waals surface area contributed by atoms with Crippen molar-refractivity contribution in [1.29, 1.82) is 0 Å². The Morgan fingerprint density at radius 2 is 2.21 bits per heavy atom. The van der Waals surface area contributed by atoms with Gasteiger partial charge in [0.2, 0.25) is 0 Å². The molecule has 0 heterocycles. The van der Waals surface area contributed by atoms with Crippen molar-refractivity contribution in [1.82, 2.24) is 0 Å². The highest BCUT2D eigenvalue weighted by molar-refractivity contribution is 9.10. The molecule has 4 heteroatoms. The Bertz CT molecular complexity index is 286. The van der Waals surface area contributed by atoms with Crippen LogP contribution in [0.1, 0.15) is 12.5 Å². The van der Waals surface area contributed by atoms with Crippen molar-refractivity contribution in [2.24, 2.45) is 5.73 Å². The summed E-state index contributed by atoms with van der Waals surface area (Å²) in [5.41, 5.74) is 6.48. The molecule has 14 heavy (non-hydrogen) atoms. The number of benzene rings is 1. The van der Waals surface area contributed by atoms with E-state index in [0.29, 0.717) is 11.8 Å². The highest BCUT2D eigenvalue weighted by Crippen LogP contribution is 2.21. The molecule has 0 fully saturated rings. The molecule has 1 aromatic rings. The molecule has 0 aromatic heterocycles. The van der Waals surface area contributed by atoms with Crippen molar-refractivity contribution in [3.63, 3.8) is 0 Å². The van der Waals surface area contributed by atoms with Crippen molar-refractivity contribution >= 4 is 27.7 Å². The Hall–Kier alpha value is -0.0600. The minimum Gasteiger partial charge on any atom is -0.329 e. The molecule has 1 unspecified atom stereocenters. The van der Waals surface area contributed by atoms with Crippen LogP contribution in [0.5, 0.6) is 0 Å². The summed E-state index contributed by atoms with van der Waals surface area (Å²) in [6, 6.07) is 4.95. The molecule has 1 atom stereocenters. The number of rotatable bonds is 4. The Balaban J connectivity index is 2.58. The maximum absolute atomic E-state index is 13.0. The molecule has 0 amide bonds. The van der Waals surface area contributed by atoms with Crippen molar-refractivity contribution in [2.45, 2.75) is 17.9 Å². The summed E-state index contributed by atoms with van der Waals surface area (Å²) in [5.74, 6) is 0.602. The molecule has 1 aromatic carbocycles. The summed E-state index contributed by atoms with van der Waals surface area (Å²) in [4.78, 5) is 0. The van der Waals surface area contributed by atoms with Gasteiger partial charge in [-0.3, -0.25) is 0 Å². The lowest BCUT2D eigenvalue weighted by Gasteiger charge is -2.08. The fourth-order valence-electron chi connectivity index (χ4n) is 1.00. The van der Waals surface area contributed by atoms with Crippen LogP contribution in [0, 0.1) is 5.82 Å². The van der Waals surface area contributed by atoms with Gasteiger partial charge in [0.1, 0.15) is 5.82 Å². The van der Waals surface area contributed by atoms with Gasteiger partial charge in [0.15, 0.2) is 0 Å². The number of hydrogen-bond acceptors (Lipinski definition) is 2. The molecule has 1 rings (SSSR count). The van der Waals surface area contributed by atoms with E-state index in [1.807, 2.05) is 6.07 Å². The largest absolute Gasteiger partial charge is 0.329 e. The lowest BCUT2D eigenvalue weighted by molar-refractivity contribution is 0.625. The molecular weight excluding hydrogens is 265 g/mol. The zero-order valence-corrected chi connectivity index (χ0v) is 10.4. The van der Waals surface area contributed by atoms with E-state index in [9.17, 15) is 4.39 Å². The van der Waals surface area contributed by atoms with Crippen LogP contribution in [0.15, 0.2) is 22.7 Å². The SMILES string of the molecule is CC(CN)SCc1cc(F)cc(Br)c1. The Morgan fingerprint density at radius 1 is 1.50 bits per heavy atom. The first-order chi connectivity index (χ1) is 6.61. The third-order valence-corrected chi connectivity index (χ3v) is 3.51. The van der Waals surface area contributed by atoms with E-state index >= 15 is 0 Å². The average Bonchev–Trinajstić information content (AvgIpc) is 2.12. The lowest BCUT2D eigenvalue weighted by atomic mass is 10.2. The minimum atomic E-state index is -0.199. The van der Waals surface area contributed by atoms with Crippen LogP contribution in [-0.4, -0.2) is 11.8 Å². The minimum absolute atomic E-state index is 0.199. The second kappa shape index (κ2) is 5.73. The lowest BCUT2D eigenvalue weighted by Crippen LogP contribution is -2.12. The van der Waals surface area contributed by atoms with Gasteiger partial charge in [-0.15, -0.1) is 0 Å². The van der Waals surface area contributed by atoms with Crippen LogP contribution in [0.3, 0.4) is 0 Å². The quantitative estimate of drug-likeness (QED) is 0.915. The summed E-state index contributed by atoms with van der Waals surface area (Å²) in [6.45, 7) is 2.72. The van der Waals surface area contributed by atoms with Crippen molar-refractivity contribution in [3.05, 3.63) is 34.1 Å². The maximum Gasteiger partial charge on any atom is 0.124 e. The average molecular weight is 278 g/mol. The normalized spacial score (nSPS) is 12.9.